The molecule has 0 bridgehead atoms. The normalized spacial score (nSPS) is 10.3. The van der Waals surface area contributed by atoms with Gasteiger partial charge in [-0.25, -0.2) is 0 Å². The fraction of sp³-hybridized carbons (Fsp3) is 0.188. The minimum absolute atomic E-state index is 0.411. The van der Waals surface area contributed by atoms with Gasteiger partial charge in [-0.3, -0.25) is 0 Å². The Morgan fingerprint density at radius 3 is 2.50 bits per heavy atom. The molecule has 0 atom stereocenters. The van der Waals surface area contributed by atoms with Crippen LogP contribution < -0.4 is 10.5 Å². The molecule has 2 aromatic rings. The van der Waals surface area contributed by atoms with Gasteiger partial charge in [-0.05, 0) is 54.8 Å². The van der Waals surface area contributed by atoms with E-state index in [1.165, 1.54) is 0 Å². The van der Waals surface area contributed by atoms with Crippen LogP contribution in [0.1, 0.15) is 22.3 Å². The highest BCUT2D eigenvalue weighted by Gasteiger charge is 2.04. The maximum atomic E-state index is 5.99. The van der Waals surface area contributed by atoms with E-state index in [9.17, 15) is 0 Å². The summed E-state index contributed by atoms with van der Waals surface area (Å²) in [5.74, 6) is 0.810. The Balaban J connectivity index is 2.10. The summed E-state index contributed by atoms with van der Waals surface area (Å²) in [6.07, 6.45) is 0. The SMILES string of the molecule is Cc1cc(OCc2ccc(C(N)=S)cc2C)ccc1Cl. The van der Waals surface area contributed by atoms with Gasteiger partial charge in [0.15, 0.2) is 0 Å². The number of thiocarbonyl (C=S) groups is 1. The number of hydrogen-bond donors (Lipinski definition) is 1. The highest BCUT2D eigenvalue weighted by atomic mass is 35.5. The minimum atomic E-state index is 0.411. The van der Waals surface area contributed by atoms with Crippen molar-refractivity contribution in [3.05, 3.63) is 63.7 Å². The summed E-state index contributed by atoms with van der Waals surface area (Å²) in [4.78, 5) is 0.411. The van der Waals surface area contributed by atoms with Crippen LogP contribution in [0.15, 0.2) is 36.4 Å². The fourth-order valence-electron chi connectivity index (χ4n) is 1.88. The van der Waals surface area contributed by atoms with Crippen LogP contribution in [0.2, 0.25) is 5.02 Å². The van der Waals surface area contributed by atoms with Crippen molar-refractivity contribution in [2.75, 3.05) is 0 Å². The van der Waals surface area contributed by atoms with Crippen molar-refractivity contribution in [1.29, 1.82) is 0 Å². The molecule has 0 aliphatic heterocycles. The number of aryl methyl sites for hydroxylation is 2. The van der Waals surface area contributed by atoms with Gasteiger partial charge < -0.3 is 10.5 Å². The molecule has 0 fully saturated rings. The lowest BCUT2D eigenvalue weighted by Gasteiger charge is -2.11. The average molecular weight is 306 g/mol. The van der Waals surface area contributed by atoms with Gasteiger partial charge in [0.25, 0.3) is 0 Å². The molecular weight excluding hydrogens is 290 g/mol. The highest BCUT2D eigenvalue weighted by Crippen LogP contribution is 2.22. The molecule has 0 aliphatic rings. The molecule has 0 saturated heterocycles. The van der Waals surface area contributed by atoms with Gasteiger partial charge in [0, 0.05) is 10.6 Å². The number of nitrogens with two attached hydrogens (primary N) is 1. The average Bonchev–Trinajstić information content (AvgIpc) is 2.41. The van der Waals surface area contributed by atoms with Crippen LogP contribution >= 0.6 is 23.8 Å². The highest BCUT2D eigenvalue weighted by molar-refractivity contribution is 7.80. The smallest absolute Gasteiger partial charge is 0.120 e. The topological polar surface area (TPSA) is 35.2 Å². The van der Waals surface area contributed by atoms with Crippen LogP contribution in [-0.4, -0.2) is 4.99 Å². The van der Waals surface area contributed by atoms with Gasteiger partial charge in [-0.1, -0.05) is 36.0 Å². The quantitative estimate of drug-likeness (QED) is 0.861. The largest absolute Gasteiger partial charge is 0.489 e. The lowest BCUT2D eigenvalue weighted by Crippen LogP contribution is -2.10. The number of halogens is 1. The summed E-state index contributed by atoms with van der Waals surface area (Å²) in [6.45, 7) is 4.48. The molecule has 0 aliphatic carbocycles. The Morgan fingerprint density at radius 2 is 1.90 bits per heavy atom. The van der Waals surface area contributed by atoms with Crippen molar-refractivity contribution in [3.8, 4) is 5.75 Å². The second kappa shape index (κ2) is 6.25. The first-order valence-corrected chi connectivity index (χ1v) is 7.04. The van der Waals surface area contributed by atoms with Gasteiger partial charge in [0.2, 0.25) is 0 Å². The zero-order chi connectivity index (χ0) is 14.7. The molecule has 2 nitrogen and oxygen atoms in total. The number of benzene rings is 2. The second-order valence-corrected chi connectivity index (χ2v) is 5.55. The van der Waals surface area contributed by atoms with Gasteiger partial charge in [0.1, 0.15) is 17.3 Å². The van der Waals surface area contributed by atoms with Crippen LogP contribution in [0, 0.1) is 13.8 Å². The van der Waals surface area contributed by atoms with Gasteiger partial charge in [-0.15, -0.1) is 0 Å². The molecule has 20 heavy (non-hydrogen) atoms. The van der Waals surface area contributed by atoms with Gasteiger partial charge in [0.05, 0.1) is 0 Å². The lowest BCUT2D eigenvalue weighted by molar-refractivity contribution is 0.305. The monoisotopic (exact) mass is 305 g/mol. The molecule has 4 heteroatoms. The molecule has 0 aromatic heterocycles. The first-order chi connectivity index (χ1) is 9.47. The Kier molecular flexibility index (Phi) is 4.63. The van der Waals surface area contributed by atoms with Crippen LogP contribution in [-0.2, 0) is 6.61 Å². The van der Waals surface area contributed by atoms with E-state index >= 15 is 0 Å². The van der Waals surface area contributed by atoms with E-state index in [1.807, 2.05) is 50.2 Å². The van der Waals surface area contributed by atoms with Gasteiger partial charge >= 0.3 is 0 Å². The molecule has 2 aromatic carbocycles. The molecule has 0 saturated carbocycles. The minimum Gasteiger partial charge on any atom is -0.489 e. The molecule has 0 heterocycles. The van der Waals surface area contributed by atoms with E-state index in [1.54, 1.807) is 0 Å². The third-order valence-electron chi connectivity index (χ3n) is 3.15. The van der Waals surface area contributed by atoms with Crippen molar-refractivity contribution in [2.24, 2.45) is 5.73 Å². The maximum absolute atomic E-state index is 5.99. The van der Waals surface area contributed by atoms with E-state index in [0.29, 0.717) is 11.6 Å². The summed E-state index contributed by atoms with van der Waals surface area (Å²) in [6, 6.07) is 11.5. The summed E-state index contributed by atoms with van der Waals surface area (Å²) in [5.41, 5.74) is 9.72. The molecule has 2 rings (SSSR count). The van der Waals surface area contributed by atoms with Crippen LogP contribution in [0.4, 0.5) is 0 Å². The Morgan fingerprint density at radius 1 is 1.15 bits per heavy atom. The van der Waals surface area contributed by atoms with E-state index in [2.05, 4.69) is 0 Å². The number of hydrogen-bond acceptors (Lipinski definition) is 2. The van der Waals surface area contributed by atoms with Crippen molar-refractivity contribution in [1.82, 2.24) is 0 Å². The first-order valence-electron chi connectivity index (χ1n) is 6.25. The fourth-order valence-corrected chi connectivity index (χ4v) is 2.12. The predicted octanol–water partition coefficient (Wildman–Crippen LogP) is 4.17. The molecule has 0 unspecified atom stereocenters. The summed E-state index contributed by atoms with van der Waals surface area (Å²) in [7, 11) is 0. The van der Waals surface area contributed by atoms with Crippen molar-refractivity contribution < 1.29 is 4.74 Å². The van der Waals surface area contributed by atoms with Crippen LogP contribution in [0.3, 0.4) is 0 Å². The summed E-state index contributed by atoms with van der Waals surface area (Å²) >= 11 is 11.0. The summed E-state index contributed by atoms with van der Waals surface area (Å²) in [5, 5.41) is 0.745. The maximum Gasteiger partial charge on any atom is 0.120 e. The van der Waals surface area contributed by atoms with E-state index in [0.717, 1.165) is 33.0 Å². The van der Waals surface area contributed by atoms with Crippen LogP contribution in [0.25, 0.3) is 0 Å². The Labute approximate surface area is 129 Å². The predicted molar refractivity (Wildman–Crippen MR) is 87.6 cm³/mol. The standard InChI is InChI=1S/C16H16ClNOS/c1-10-7-12(16(18)20)3-4-13(10)9-19-14-5-6-15(17)11(2)8-14/h3-8H,9H2,1-2H3,(H2,18,20). The lowest BCUT2D eigenvalue weighted by atomic mass is 10.1. The van der Waals surface area contributed by atoms with Crippen molar-refractivity contribution in [2.45, 2.75) is 20.5 Å². The third-order valence-corrected chi connectivity index (χ3v) is 3.81. The van der Waals surface area contributed by atoms with Crippen molar-refractivity contribution >= 4 is 28.8 Å². The number of rotatable bonds is 4. The second-order valence-electron chi connectivity index (χ2n) is 4.71. The molecular formula is C16H16ClNOS. The van der Waals surface area contributed by atoms with E-state index in [4.69, 9.17) is 34.3 Å². The van der Waals surface area contributed by atoms with E-state index in [-0.39, 0.29) is 0 Å². The Hall–Kier alpha value is -1.58. The number of ether oxygens (including phenoxy) is 1. The zero-order valence-corrected chi connectivity index (χ0v) is 13.0. The molecule has 0 amide bonds. The van der Waals surface area contributed by atoms with Crippen molar-refractivity contribution in [3.63, 3.8) is 0 Å². The molecule has 0 spiro atoms. The Bertz CT molecular complexity index is 655. The summed E-state index contributed by atoms with van der Waals surface area (Å²) < 4.78 is 5.79. The molecule has 0 radical (unpaired) electrons. The zero-order valence-electron chi connectivity index (χ0n) is 11.4. The van der Waals surface area contributed by atoms with E-state index < -0.39 is 0 Å². The third kappa shape index (κ3) is 3.50. The van der Waals surface area contributed by atoms with Gasteiger partial charge in [-0.2, -0.15) is 0 Å². The van der Waals surface area contributed by atoms with Crippen LogP contribution in [0.5, 0.6) is 5.75 Å². The first kappa shape index (κ1) is 14.8. The molecule has 104 valence electrons. The molecule has 2 N–H and O–H groups in total.